The van der Waals surface area contributed by atoms with Crippen LogP contribution in [0.5, 0.6) is 0 Å². The van der Waals surface area contributed by atoms with Gasteiger partial charge in [0.1, 0.15) is 5.82 Å². The van der Waals surface area contributed by atoms with Crippen LogP contribution in [0.15, 0.2) is 47.4 Å². The second kappa shape index (κ2) is 11.9. The van der Waals surface area contributed by atoms with Gasteiger partial charge in [-0.3, -0.25) is 0 Å². The Kier molecular flexibility index (Phi) is 8.98. The van der Waals surface area contributed by atoms with Gasteiger partial charge < -0.3 is 10.6 Å². The number of anilines is 2. The second-order valence-corrected chi connectivity index (χ2v) is 13.4. The molecule has 2 aromatic carbocycles. The Bertz CT molecular complexity index is 1480. The molecule has 0 saturated heterocycles. The zero-order chi connectivity index (χ0) is 30.9. The molecule has 1 aliphatic carbocycles. The highest BCUT2D eigenvalue weighted by Crippen LogP contribution is 2.37. The zero-order valence-electron chi connectivity index (χ0n) is 23.3. The summed E-state index contributed by atoms with van der Waals surface area (Å²) in [6.07, 6.45) is -7.49. The number of aromatic nitrogens is 2. The number of para-hydroxylation sites is 1. The highest BCUT2D eigenvalue weighted by Gasteiger charge is 2.38. The van der Waals surface area contributed by atoms with Crippen LogP contribution in [0.3, 0.4) is 0 Å². The number of nitrogens with one attached hydrogen (secondary N) is 3. The van der Waals surface area contributed by atoms with Crippen molar-refractivity contribution in [2.24, 2.45) is 11.8 Å². The molecular formula is C28H33F6N5O2S. The molecule has 230 valence electrons. The van der Waals surface area contributed by atoms with E-state index in [1.54, 1.807) is 0 Å². The van der Waals surface area contributed by atoms with E-state index in [4.69, 9.17) is 0 Å². The van der Waals surface area contributed by atoms with Crippen LogP contribution in [0.4, 0.5) is 38.1 Å². The number of alkyl halides is 6. The molecule has 0 unspecified atom stereocenters. The molecule has 0 atom stereocenters. The lowest BCUT2D eigenvalue weighted by atomic mass is 9.82. The van der Waals surface area contributed by atoms with Gasteiger partial charge in [0.2, 0.25) is 16.0 Å². The minimum atomic E-state index is -5.14. The van der Waals surface area contributed by atoms with E-state index in [1.807, 2.05) is 45.0 Å². The molecule has 0 aliphatic heterocycles. The molecule has 14 heteroatoms. The van der Waals surface area contributed by atoms with E-state index in [-0.39, 0.29) is 42.1 Å². The average molecular weight is 618 g/mol. The van der Waals surface area contributed by atoms with Crippen LogP contribution in [0.25, 0.3) is 10.9 Å². The molecule has 1 aromatic heterocycles. The number of rotatable bonds is 8. The maximum Gasteiger partial charge on any atom is 0.416 e. The van der Waals surface area contributed by atoms with Crippen LogP contribution in [0, 0.1) is 11.8 Å². The smallest absolute Gasteiger partial charge is 0.365 e. The maximum atomic E-state index is 13.2. The van der Waals surface area contributed by atoms with Gasteiger partial charge in [-0.1, -0.05) is 12.1 Å². The van der Waals surface area contributed by atoms with Crippen molar-refractivity contribution >= 4 is 32.7 Å². The lowest BCUT2D eigenvalue weighted by molar-refractivity contribution is -0.143. The van der Waals surface area contributed by atoms with Crippen molar-refractivity contribution in [2.75, 3.05) is 23.7 Å². The van der Waals surface area contributed by atoms with Gasteiger partial charge in [-0.05, 0) is 88.6 Å². The number of nitrogens with zero attached hydrogens (tertiary/aromatic N) is 2. The fourth-order valence-corrected chi connectivity index (χ4v) is 6.06. The van der Waals surface area contributed by atoms with Crippen LogP contribution in [-0.2, 0) is 22.4 Å². The first kappa shape index (κ1) is 31.8. The summed E-state index contributed by atoms with van der Waals surface area (Å²) in [4.78, 5) is 8.20. The second-order valence-electron chi connectivity index (χ2n) is 11.6. The first-order valence-corrected chi connectivity index (χ1v) is 15.0. The van der Waals surface area contributed by atoms with Gasteiger partial charge in [-0.2, -0.15) is 31.3 Å². The fourth-order valence-electron chi connectivity index (χ4n) is 4.87. The molecule has 0 radical (unpaired) electrons. The predicted molar refractivity (Wildman–Crippen MR) is 148 cm³/mol. The van der Waals surface area contributed by atoms with Gasteiger partial charge in [0.25, 0.3) is 0 Å². The number of benzene rings is 2. The van der Waals surface area contributed by atoms with E-state index in [9.17, 15) is 34.8 Å². The first-order valence-electron chi connectivity index (χ1n) is 13.5. The van der Waals surface area contributed by atoms with Crippen molar-refractivity contribution in [1.29, 1.82) is 0 Å². The van der Waals surface area contributed by atoms with Gasteiger partial charge in [-0.25, -0.2) is 18.1 Å². The summed E-state index contributed by atoms with van der Waals surface area (Å²) >= 11 is 0. The van der Waals surface area contributed by atoms with Crippen molar-refractivity contribution in [3.8, 4) is 0 Å². The van der Waals surface area contributed by atoms with Gasteiger partial charge in [0.05, 0.1) is 21.5 Å². The van der Waals surface area contributed by atoms with Gasteiger partial charge in [0, 0.05) is 24.0 Å². The maximum absolute atomic E-state index is 13.2. The summed E-state index contributed by atoms with van der Waals surface area (Å²) in [6.45, 7) is 6.62. The standard InChI is InChI=1S/C28H33F6N5O2S/c1-26(2,3)39-24-22-6-4-5-7-23(22)37-25(38-24)35-15-17-8-10-18(11-9-17)16-36-42(40,41)21-13-19(27(29,30)31)12-20(14-21)28(32,33)34/h4-7,12-14,17-18,36H,8-11,15-16H2,1-3H3,(H2,35,37,38,39)/t17-,18-. The Hall–Kier alpha value is -3.13. The van der Waals surface area contributed by atoms with E-state index in [0.29, 0.717) is 25.3 Å². The number of fused-ring (bicyclic) bond motifs is 1. The summed E-state index contributed by atoms with van der Waals surface area (Å²) in [5.74, 6) is 1.34. The van der Waals surface area contributed by atoms with Crippen LogP contribution < -0.4 is 15.4 Å². The summed E-state index contributed by atoms with van der Waals surface area (Å²) in [7, 11) is -4.61. The quantitative estimate of drug-likeness (QED) is 0.234. The summed E-state index contributed by atoms with van der Waals surface area (Å²) < 4.78 is 107. The Morgan fingerprint density at radius 2 is 1.36 bits per heavy atom. The highest BCUT2D eigenvalue weighted by molar-refractivity contribution is 7.89. The molecule has 7 nitrogen and oxygen atoms in total. The van der Waals surface area contributed by atoms with Gasteiger partial charge in [0.15, 0.2) is 0 Å². The molecule has 1 aliphatic rings. The molecule has 3 N–H and O–H groups in total. The lowest BCUT2D eigenvalue weighted by Crippen LogP contribution is -2.32. The molecule has 4 rings (SSSR count). The van der Waals surface area contributed by atoms with E-state index in [1.165, 1.54) is 0 Å². The van der Waals surface area contributed by atoms with Gasteiger partial charge in [-0.15, -0.1) is 0 Å². The third kappa shape index (κ3) is 8.24. The average Bonchev–Trinajstić information content (AvgIpc) is 2.89. The molecule has 3 aromatic rings. The number of hydrogen-bond donors (Lipinski definition) is 3. The monoisotopic (exact) mass is 617 g/mol. The minimum absolute atomic E-state index is 0.0876. The van der Waals surface area contributed by atoms with Crippen LogP contribution in [0.2, 0.25) is 0 Å². The number of hydrogen-bond acceptors (Lipinski definition) is 6. The van der Waals surface area contributed by atoms with Crippen LogP contribution in [-0.4, -0.2) is 37.0 Å². The molecule has 0 amide bonds. The van der Waals surface area contributed by atoms with E-state index in [0.717, 1.165) is 29.6 Å². The largest absolute Gasteiger partial charge is 0.416 e. The Balaban J connectivity index is 1.35. The van der Waals surface area contributed by atoms with Crippen LogP contribution in [0.1, 0.15) is 57.6 Å². The van der Waals surface area contributed by atoms with Crippen molar-refractivity contribution < 1.29 is 34.8 Å². The normalized spacial score (nSPS) is 18.7. The number of halogens is 6. The van der Waals surface area contributed by atoms with Crippen molar-refractivity contribution in [3.05, 3.63) is 53.6 Å². The SMILES string of the molecule is CC(C)(C)Nc1nc(NC[C@H]2CC[C@H](CNS(=O)(=O)c3cc(C(F)(F)F)cc(C(F)(F)F)c3)CC2)nc2ccccc12. The molecule has 0 bridgehead atoms. The molecule has 0 spiro atoms. The third-order valence-electron chi connectivity index (χ3n) is 7.05. The van der Waals surface area contributed by atoms with Crippen molar-refractivity contribution in [3.63, 3.8) is 0 Å². The summed E-state index contributed by atoms with van der Waals surface area (Å²) in [6, 6.07) is 8.02. The number of sulfonamides is 1. The highest BCUT2D eigenvalue weighted by atomic mass is 32.2. The molecule has 1 saturated carbocycles. The molecule has 42 heavy (non-hydrogen) atoms. The van der Waals surface area contributed by atoms with E-state index >= 15 is 0 Å². The first-order chi connectivity index (χ1) is 19.4. The Labute approximate surface area is 240 Å². The topological polar surface area (TPSA) is 96.0 Å². The minimum Gasteiger partial charge on any atom is -0.365 e. The van der Waals surface area contributed by atoms with E-state index < -0.39 is 38.4 Å². The van der Waals surface area contributed by atoms with E-state index in [2.05, 4.69) is 25.3 Å². The summed E-state index contributed by atoms with van der Waals surface area (Å²) in [5, 5.41) is 7.61. The van der Waals surface area contributed by atoms with Crippen molar-refractivity contribution in [2.45, 2.75) is 69.2 Å². The molecular weight excluding hydrogens is 584 g/mol. The molecule has 1 fully saturated rings. The predicted octanol–water partition coefficient (Wildman–Crippen LogP) is 7.07. The lowest BCUT2D eigenvalue weighted by Gasteiger charge is -2.29. The van der Waals surface area contributed by atoms with Crippen molar-refractivity contribution in [1.82, 2.24) is 14.7 Å². The Morgan fingerprint density at radius 3 is 1.90 bits per heavy atom. The zero-order valence-corrected chi connectivity index (χ0v) is 24.1. The fraction of sp³-hybridized carbons (Fsp3) is 0.500. The van der Waals surface area contributed by atoms with Gasteiger partial charge >= 0.3 is 12.4 Å². The third-order valence-corrected chi connectivity index (χ3v) is 8.45. The Morgan fingerprint density at radius 1 is 0.810 bits per heavy atom. The molecule has 1 heterocycles. The van der Waals surface area contributed by atoms with Crippen LogP contribution >= 0.6 is 0 Å². The summed E-state index contributed by atoms with van der Waals surface area (Å²) in [5.41, 5.74) is -2.78.